The summed E-state index contributed by atoms with van der Waals surface area (Å²) in [4.78, 5) is 1.98. The molecule has 1 heterocycles. The second-order valence-electron chi connectivity index (χ2n) is 6.51. The SMILES string of the molecule is Cl.Cl.Fc1cc(F)c(F)c([C@H](C2CCCCC2)N2CCNCC2)c1F. The Labute approximate surface area is 158 Å². The predicted octanol–water partition coefficient (Wildman–Crippen LogP) is 4.61. The summed E-state index contributed by atoms with van der Waals surface area (Å²) in [5.74, 6) is -5.06. The normalized spacial score (nSPS) is 20.5. The molecule has 0 unspecified atom stereocenters. The summed E-state index contributed by atoms with van der Waals surface area (Å²) in [5, 5.41) is 3.20. The highest BCUT2D eigenvalue weighted by Gasteiger charge is 2.36. The zero-order chi connectivity index (χ0) is 16.4. The van der Waals surface area contributed by atoms with Gasteiger partial charge in [0.05, 0.1) is 0 Å². The van der Waals surface area contributed by atoms with E-state index in [1.165, 1.54) is 0 Å². The maximum Gasteiger partial charge on any atom is 0.166 e. The van der Waals surface area contributed by atoms with Crippen LogP contribution in [0.1, 0.15) is 43.7 Å². The quantitative estimate of drug-likeness (QED) is 0.586. The van der Waals surface area contributed by atoms with Crippen molar-refractivity contribution in [2.45, 2.75) is 38.1 Å². The van der Waals surface area contributed by atoms with E-state index < -0.39 is 34.9 Å². The number of nitrogens with zero attached hydrogens (tertiary/aromatic N) is 1. The molecule has 1 saturated heterocycles. The second-order valence-corrected chi connectivity index (χ2v) is 6.51. The fourth-order valence-corrected chi connectivity index (χ4v) is 3.98. The largest absolute Gasteiger partial charge is 0.314 e. The number of nitrogens with one attached hydrogen (secondary N) is 1. The van der Waals surface area contributed by atoms with Crippen LogP contribution in [0.15, 0.2) is 6.07 Å². The summed E-state index contributed by atoms with van der Waals surface area (Å²) in [7, 11) is 0. The fourth-order valence-electron chi connectivity index (χ4n) is 3.98. The molecule has 1 aliphatic carbocycles. The average Bonchev–Trinajstić information content (AvgIpc) is 2.58. The summed E-state index contributed by atoms with van der Waals surface area (Å²) in [6.45, 7) is 2.67. The third-order valence-corrected chi connectivity index (χ3v) is 5.08. The van der Waals surface area contributed by atoms with Crippen molar-refractivity contribution in [2.75, 3.05) is 26.2 Å². The van der Waals surface area contributed by atoms with Crippen LogP contribution in [-0.4, -0.2) is 31.1 Å². The minimum absolute atomic E-state index is 0. The van der Waals surface area contributed by atoms with Crippen LogP contribution in [0.3, 0.4) is 0 Å². The van der Waals surface area contributed by atoms with E-state index in [0.29, 0.717) is 32.2 Å². The maximum atomic E-state index is 14.4. The van der Waals surface area contributed by atoms with Crippen molar-refractivity contribution in [1.29, 1.82) is 0 Å². The minimum Gasteiger partial charge on any atom is -0.314 e. The molecular formula is C17H24Cl2F4N2. The third kappa shape index (κ3) is 4.79. The highest BCUT2D eigenvalue weighted by atomic mass is 35.5. The Bertz CT molecular complexity index is 518. The highest BCUT2D eigenvalue weighted by molar-refractivity contribution is 5.85. The molecule has 0 radical (unpaired) electrons. The van der Waals surface area contributed by atoms with Crippen LogP contribution in [0.25, 0.3) is 0 Å². The molecule has 1 aromatic rings. The van der Waals surface area contributed by atoms with Crippen LogP contribution in [-0.2, 0) is 0 Å². The van der Waals surface area contributed by atoms with Gasteiger partial charge in [-0.25, -0.2) is 17.6 Å². The monoisotopic (exact) mass is 402 g/mol. The fraction of sp³-hybridized carbons (Fsp3) is 0.647. The highest BCUT2D eigenvalue weighted by Crippen LogP contribution is 2.41. The lowest BCUT2D eigenvalue weighted by molar-refractivity contribution is 0.0962. The first-order valence-electron chi connectivity index (χ1n) is 8.37. The maximum absolute atomic E-state index is 14.4. The first kappa shape index (κ1) is 22.5. The van der Waals surface area contributed by atoms with E-state index in [1.54, 1.807) is 0 Å². The van der Waals surface area contributed by atoms with Gasteiger partial charge in [0.2, 0.25) is 0 Å². The molecule has 0 amide bonds. The first-order valence-corrected chi connectivity index (χ1v) is 8.37. The summed E-state index contributed by atoms with van der Waals surface area (Å²) in [5.41, 5.74) is -0.420. The van der Waals surface area contributed by atoms with Crippen LogP contribution >= 0.6 is 24.8 Å². The van der Waals surface area contributed by atoms with Gasteiger partial charge in [-0.05, 0) is 18.8 Å². The lowest BCUT2D eigenvalue weighted by Gasteiger charge is -2.41. The number of benzene rings is 1. The number of hydrogen-bond donors (Lipinski definition) is 1. The zero-order valence-corrected chi connectivity index (χ0v) is 15.5. The van der Waals surface area contributed by atoms with E-state index >= 15 is 0 Å². The van der Waals surface area contributed by atoms with Gasteiger partial charge in [-0.3, -0.25) is 4.90 Å². The molecule has 0 spiro atoms. The van der Waals surface area contributed by atoms with Crippen molar-refractivity contribution in [3.63, 3.8) is 0 Å². The van der Waals surface area contributed by atoms with Crippen LogP contribution in [0.2, 0.25) is 0 Å². The van der Waals surface area contributed by atoms with Gasteiger partial charge in [0, 0.05) is 43.9 Å². The molecule has 1 aromatic carbocycles. The molecule has 2 nitrogen and oxygen atoms in total. The number of halogens is 6. The molecule has 1 aliphatic heterocycles. The molecular weight excluding hydrogens is 379 g/mol. The van der Waals surface area contributed by atoms with Gasteiger partial charge in [0.25, 0.3) is 0 Å². The predicted molar refractivity (Wildman–Crippen MR) is 94.5 cm³/mol. The second kappa shape index (κ2) is 9.95. The van der Waals surface area contributed by atoms with Crippen molar-refractivity contribution >= 4 is 24.8 Å². The topological polar surface area (TPSA) is 15.3 Å². The Morgan fingerprint density at radius 2 is 1.40 bits per heavy atom. The molecule has 3 rings (SSSR count). The Balaban J connectivity index is 0.00000156. The van der Waals surface area contributed by atoms with Crippen molar-refractivity contribution in [1.82, 2.24) is 10.2 Å². The summed E-state index contributed by atoms with van der Waals surface area (Å²) in [6.07, 6.45) is 4.77. The zero-order valence-electron chi connectivity index (χ0n) is 13.9. The smallest absolute Gasteiger partial charge is 0.166 e. The molecule has 2 fully saturated rings. The molecule has 0 bridgehead atoms. The van der Waals surface area contributed by atoms with Crippen LogP contribution < -0.4 is 5.32 Å². The van der Waals surface area contributed by atoms with Gasteiger partial charge in [0.1, 0.15) is 0 Å². The average molecular weight is 403 g/mol. The van der Waals surface area contributed by atoms with Gasteiger partial charge >= 0.3 is 0 Å². The minimum atomic E-state index is -1.31. The molecule has 8 heteroatoms. The molecule has 1 saturated carbocycles. The van der Waals surface area contributed by atoms with Crippen molar-refractivity contribution in [2.24, 2.45) is 5.92 Å². The van der Waals surface area contributed by atoms with E-state index in [-0.39, 0.29) is 30.7 Å². The van der Waals surface area contributed by atoms with Crippen LogP contribution in [0.5, 0.6) is 0 Å². The summed E-state index contributed by atoms with van der Waals surface area (Å²) < 4.78 is 56.2. The van der Waals surface area contributed by atoms with E-state index in [2.05, 4.69) is 5.32 Å². The first-order chi connectivity index (χ1) is 11.1. The molecule has 1 atom stereocenters. The third-order valence-electron chi connectivity index (χ3n) is 5.08. The van der Waals surface area contributed by atoms with Crippen LogP contribution in [0.4, 0.5) is 17.6 Å². The van der Waals surface area contributed by atoms with E-state index in [0.717, 1.165) is 32.1 Å². The van der Waals surface area contributed by atoms with Gasteiger partial charge in [0.15, 0.2) is 23.3 Å². The molecule has 25 heavy (non-hydrogen) atoms. The molecule has 0 aromatic heterocycles. The van der Waals surface area contributed by atoms with Gasteiger partial charge in [-0.1, -0.05) is 19.3 Å². The molecule has 2 aliphatic rings. The van der Waals surface area contributed by atoms with Crippen molar-refractivity contribution in [3.05, 3.63) is 34.9 Å². The van der Waals surface area contributed by atoms with E-state index in [9.17, 15) is 17.6 Å². The van der Waals surface area contributed by atoms with Crippen LogP contribution in [0, 0.1) is 29.2 Å². The summed E-state index contributed by atoms with van der Waals surface area (Å²) >= 11 is 0. The summed E-state index contributed by atoms with van der Waals surface area (Å²) in [6, 6.07) is -0.299. The number of piperazine rings is 1. The molecule has 144 valence electrons. The number of rotatable bonds is 3. The van der Waals surface area contributed by atoms with Crippen molar-refractivity contribution < 1.29 is 17.6 Å². The van der Waals surface area contributed by atoms with E-state index in [1.807, 2.05) is 4.90 Å². The van der Waals surface area contributed by atoms with Gasteiger partial charge < -0.3 is 5.32 Å². The number of hydrogen-bond acceptors (Lipinski definition) is 2. The lowest BCUT2D eigenvalue weighted by Crippen LogP contribution is -2.47. The standard InChI is InChI=1S/C17H22F4N2.2ClH/c18-12-10-13(19)16(21)14(15(12)20)17(11-4-2-1-3-5-11)23-8-6-22-7-9-23;;/h10-11,17,22H,1-9H2;2*1H/t17-;;/m0../s1. The lowest BCUT2D eigenvalue weighted by atomic mass is 9.79. The Morgan fingerprint density at radius 3 is 1.92 bits per heavy atom. The van der Waals surface area contributed by atoms with Gasteiger partial charge in [-0.15, -0.1) is 24.8 Å². The van der Waals surface area contributed by atoms with Crippen molar-refractivity contribution in [3.8, 4) is 0 Å². The Hall–Kier alpha value is -0.560. The van der Waals surface area contributed by atoms with E-state index in [4.69, 9.17) is 0 Å². The Kier molecular flexibility index (Phi) is 8.95. The Morgan fingerprint density at radius 1 is 0.880 bits per heavy atom. The molecule has 1 N–H and O–H groups in total. The van der Waals surface area contributed by atoms with Gasteiger partial charge in [-0.2, -0.15) is 0 Å².